The second kappa shape index (κ2) is 8.01. The molecule has 4 aromatic rings. The van der Waals surface area contributed by atoms with Gasteiger partial charge in [-0.25, -0.2) is 4.98 Å². The van der Waals surface area contributed by atoms with Crippen molar-refractivity contribution in [1.29, 1.82) is 0 Å². The summed E-state index contributed by atoms with van der Waals surface area (Å²) >= 11 is 12.3. The van der Waals surface area contributed by atoms with Crippen LogP contribution in [-0.4, -0.2) is 18.0 Å². The highest BCUT2D eigenvalue weighted by Crippen LogP contribution is 2.33. The third-order valence-electron chi connectivity index (χ3n) is 4.80. The zero-order valence-electron chi connectivity index (χ0n) is 16.5. The number of aromatic nitrogens is 1. The molecule has 1 N–H and O–H groups in total. The number of ether oxygens (including phenoxy) is 1. The molecular formula is C23H18Cl2N2O3. The van der Waals surface area contributed by atoms with Gasteiger partial charge in [0.25, 0.3) is 5.91 Å². The lowest BCUT2D eigenvalue weighted by molar-refractivity contribution is 0.102. The van der Waals surface area contributed by atoms with E-state index in [9.17, 15) is 4.79 Å². The Hall–Kier alpha value is -3.02. The number of aryl methyl sites for hydroxylation is 2. The molecular weight excluding hydrogens is 423 g/mol. The highest BCUT2D eigenvalue weighted by atomic mass is 35.5. The third-order valence-corrected chi connectivity index (χ3v) is 5.30. The Morgan fingerprint density at radius 2 is 1.87 bits per heavy atom. The molecule has 0 spiro atoms. The van der Waals surface area contributed by atoms with Gasteiger partial charge in [-0.3, -0.25) is 4.79 Å². The van der Waals surface area contributed by atoms with Gasteiger partial charge in [0.1, 0.15) is 11.3 Å². The van der Waals surface area contributed by atoms with Crippen molar-refractivity contribution in [2.24, 2.45) is 0 Å². The maximum absolute atomic E-state index is 12.9. The normalized spacial score (nSPS) is 11.0. The number of carbonyl (C=O) groups excluding carboxylic acids is 1. The number of fused-ring (bicyclic) bond motifs is 1. The van der Waals surface area contributed by atoms with Crippen molar-refractivity contribution in [2.45, 2.75) is 13.8 Å². The summed E-state index contributed by atoms with van der Waals surface area (Å²) in [5.74, 6) is 0.676. The summed E-state index contributed by atoms with van der Waals surface area (Å²) in [5, 5.41) is 3.83. The van der Waals surface area contributed by atoms with Crippen LogP contribution < -0.4 is 10.1 Å². The first kappa shape index (κ1) is 20.3. The highest BCUT2D eigenvalue weighted by molar-refractivity contribution is 6.38. The molecule has 30 heavy (non-hydrogen) atoms. The number of nitrogens with one attached hydrogen (secondary N) is 1. The zero-order valence-corrected chi connectivity index (χ0v) is 18.1. The maximum atomic E-state index is 12.9. The van der Waals surface area contributed by atoms with Crippen LogP contribution in [0.3, 0.4) is 0 Å². The van der Waals surface area contributed by atoms with Crippen LogP contribution >= 0.6 is 23.2 Å². The van der Waals surface area contributed by atoms with Crippen LogP contribution in [0.4, 0.5) is 5.69 Å². The molecule has 3 aromatic carbocycles. The summed E-state index contributed by atoms with van der Waals surface area (Å²) in [5.41, 5.74) is 4.63. The molecule has 0 radical (unpaired) electrons. The Labute approximate surface area is 183 Å². The van der Waals surface area contributed by atoms with E-state index in [0.717, 1.165) is 11.1 Å². The van der Waals surface area contributed by atoms with Gasteiger partial charge in [0.2, 0.25) is 5.89 Å². The van der Waals surface area contributed by atoms with Crippen LogP contribution in [0, 0.1) is 13.8 Å². The molecule has 4 rings (SSSR count). The number of hydrogen-bond acceptors (Lipinski definition) is 4. The summed E-state index contributed by atoms with van der Waals surface area (Å²) in [4.78, 5) is 17.4. The van der Waals surface area contributed by atoms with E-state index >= 15 is 0 Å². The van der Waals surface area contributed by atoms with Gasteiger partial charge in [-0.15, -0.1) is 0 Å². The predicted octanol–water partition coefficient (Wildman–Crippen LogP) is 6.68. The van der Waals surface area contributed by atoms with E-state index in [-0.39, 0.29) is 5.91 Å². The number of nitrogens with zero attached hydrogens (tertiary/aromatic N) is 1. The van der Waals surface area contributed by atoms with E-state index in [0.29, 0.717) is 49.6 Å². The van der Waals surface area contributed by atoms with Crippen LogP contribution in [0.15, 0.2) is 52.9 Å². The second-order valence-electron chi connectivity index (χ2n) is 6.89. The van der Waals surface area contributed by atoms with Gasteiger partial charge in [0.15, 0.2) is 5.58 Å². The van der Waals surface area contributed by atoms with Crippen LogP contribution in [0.25, 0.3) is 22.6 Å². The Morgan fingerprint density at radius 1 is 1.07 bits per heavy atom. The molecule has 0 atom stereocenters. The van der Waals surface area contributed by atoms with Crippen molar-refractivity contribution < 1.29 is 13.9 Å². The van der Waals surface area contributed by atoms with Crippen LogP contribution in [0.1, 0.15) is 21.5 Å². The van der Waals surface area contributed by atoms with Crippen LogP contribution in [0.2, 0.25) is 10.0 Å². The van der Waals surface area contributed by atoms with Gasteiger partial charge >= 0.3 is 0 Å². The standard InChI is InChI=1S/C23H18Cl2N2O3/c1-12-7-8-14(23-27-19-11-15(24)10-17(25)21(19)30-23)9-18(12)26-22(28)16-6-4-5-13(2)20(16)29-3/h4-11H,1-3H3,(H,26,28). The number of halogens is 2. The zero-order chi connectivity index (χ0) is 21.4. The molecule has 0 saturated heterocycles. The molecule has 1 amide bonds. The Bertz CT molecular complexity index is 1280. The fourth-order valence-electron chi connectivity index (χ4n) is 3.26. The Kier molecular flexibility index (Phi) is 5.41. The first-order chi connectivity index (χ1) is 14.4. The average Bonchev–Trinajstić information content (AvgIpc) is 3.13. The number of para-hydroxylation sites is 1. The molecule has 152 valence electrons. The van der Waals surface area contributed by atoms with E-state index in [1.807, 2.05) is 44.2 Å². The number of benzene rings is 3. The van der Waals surface area contributed by atoms with Crippen molar-refractivity contribution in [3.8, 4) is 17.2 Å². The molecule has 1 heterocycles. The number of methoxy groups -OCH3 is 1. The summed E-state index contributed by atoms with van der Waals surface area (Å²) < 4.78 is 11.2. The van der Waals surface area contributed by atoms with Crippen molar-refractivity contribution in [1.82, 2.24) is 4.98 Å². The third kappa shape index (κ3) is 3.74. The number of rotatable bonds is 4. The molecule has 1 aromatic heterocycles. The number of anilines is 1. The van der Waals surface area contributed by atoms with E-state index in [2.05, 4.69) is 10.3 Å². The quantitative estimate of drug-likeness (QED) is 0.384. The molecule has 0 bridgehead atoms. The molecule has 7 heteroatoms. The maximum Gasteiger partial charge on any atom is 0.259 e. The minimum Gasteiger partial charge on any atom is -0.496 e. The fraction of sp³-hybridized carbons (Fsp3) is 0.130. The predicted molar refractivity (Wildman–Crippen MR) is 120 cm³/mol. The SMILES string of the molecule is COc1c(C)cccc1C(=O)Nc1cc(-c2nc3cc(Cl)cc(Cl)c3o2)ccc1C. The number of oxazole rings is 1. The lowest BCUT2D eigenvalue weighted by Crippen LogP contribution is -2.14. The Morgan fingerprint density at radius 3 is 2.63 bits per heavy atom. The molecule has 0 aliphatic rings. The summed E-state index contributed by atoms with van der Waals surface area (Å²) in [6.07, 6.45) is 0. The first-order valence-electron chi connectivity index (χ1n) is 9.19. The summed E-state index contributed by atoms with van der Waals surface area (Å²) in [6, 6.07) is 14.3. The molecule has 0 fully saturated rings. The molecule has 0 aliphatic carbocycles. The molecule has 0 aliphatic heterocycles. The summed E-state index contributed by atoms with van der Waals surface area (Å²) in [7, 11) is 1.55. The van der Waals surface area contributed by atoms with E-state index in [1.165, 1.54) is 0 Å². The van der Waals surface area contributed by atoms with Gasteiger partial charge in [-0.1, -0.05) is 41.4 Å². The molecule has 0 saturated carbocycles. The average molecular weight is 441 g/mol. The highest BCUT2D eigenvalue weighted by Gasteiger charge is 2.17. The number of amides is 1. The first-order valence-corrected chi connectivity index (χ1v) is 9.94. The Balaban J connectivity index is 1.70. The van der Waals surface area contributed by atoms with Crippen molar-refractivity contribution in [2.75, 3.05) is 12.4 Å². The van der Waals surface area contributed by atoms with Crippen molar-refractivity contribution in [3.63, 3.8) is 0 Å². The van der Waals surface area contributed by atoms with Crippen LogP contribution in [0.5, 0.6) is 5.75 Å². The number of carbonyl (C=O) groups is 1. The van der Waals surface area contributed by atoms with Crippen molar-refractivity contribution >= 4 is 45.9 Å². The van der Waals surface area contributed by atoms with Gasteiger partial charge < -0.3 is 14.5 Å². The van der Waals surface area contributed by atoms with Gasteiger partial charge in [-0.2, -0.15) is 0 Å². The van der Waals surface area contributed by atoms with Gasteiger partial charge in [-0.05, 0) is 55.3 Å². The van der Waals surface area contributed by atoms with E-state index in [4.69, 9.17) is 32.4 Å². The number of hydrogen-bond donors (Lipinski definition) is 1. The second-order valence-corrected chi connectivity index (χ2v) is 7.74. The van der Waals surface area contributed by atoms with Gasteiger partial charge in [0, 0.05) is 16.3 Å². The van der Waals surface area contributed by atoms with E-state index < -0.39 is 0 Å². The lowest BCUT2D eigenvalue weighted by atomic mass is 10.1. The largest absolute Gasteiger partial charge is 0.496 e. The van der Waals surface area contributed by atoms with E-state index in [1.54, 1.807) is 25.3 Å². The molecule has 5 nitrogen and oxygen atoms in total. The minimum absolute atomic E-state index is 0.261. The monoisotopic (exact) mass is 440 g/mol. The van der Waals surface area contributed by atoms with Gasteiger partial charge in [0.05, 0.1) is 17.7 Å². The van der Waals surface area contributed by atoms with Crippen LogP contribution in [-0.2, 0) is 0 Å². The smallest absolute Gasteiger partial charge is 0.259 e. The topological polar surface area (TPSA) is 64.4 Å². The van der Waals surface area contributed by atoms with Crippen molar-refractivity contribution in [3.05, 3.63) is 75.3 Å². The molecule has 0 unspecified atom stereocenters. The fourth-order valence-corrected chi connectivity index (χ4v) is 3.79. The summed E-state index contributed by atoms with van der Waals surface area (Å²) in [6.45, 7) is 3.81. The lowest BCUT2D eigenvalue weighted by Gasteiger charge is -2.13. The minimum atomic E-state index is -0.261.